The van der Waals surface area contributed by atoms with Crippen molar-refractivity contribution in [3.63, 3.8) is 0 Å². The Hall–Kier alpha value is -2.30. The number of pyridine rings is 1. The summed E-state index contributed by atoms with van der Waals surface area (Å²) >= 11 is 0. The smallest absolute Gasteiger partial charge is 0.221 e. The van der Waals surface area contributed by atoms with Crippen LogP contribution in [0.4, 0.5) is 5.82 Å². The predicted molar refractivity (Wildman–Crippen MR) is 75.5 cm³/mol. The number of methoxy groups -OCH3 is 1. The van der Waals surface area contributed by atoms with Gasteiger partial charge in [0.05, 0.1) is 7.11 Å². The molecule has 1 aromatic heterocycles. The van der Waals surface area contributed by atoms with Gasteiger partial charge in [0.25, 0.3) is 0 Å². The number of aromatic nitrogens is 1. The van der Waals surface area contributed by atoms with E-state index in [0.29, 0.717) is 13.0 Å². The van der Waals surface area contributed by atoms with Gasteiger partial charge >= 0.3 is 0 Å². The molecule has 0 atom stereocenters. The van der Waals surface area contributed by atoms with Gasteiger partial charge in [0.15, 0.2) is 0 Å². The molecule has 0 bridgehead atoms. The largest absolute Gasteiger partial charge is 0.497 e. The normalized spacial score (nSPS) is 10.2. The third-order valence-corrected chi connectivity index (χ3v) is 2.90. The summed E-state index contributed by atoms with van der Waals surface area (Å²) in [5, 5.41) is 7.83. The van der Waals surface area contributed by atoms with Crippen LogP contribution in [-0.4, -0.2) is 31.6 Å². The van der Waals surface area contributed by atoms with Gasteiger partial charge in [-0.2, -0.15) is 0 Å². The highest BCUT2D eigenvalue weighted by Crippen LogP contribution is 2.25. The number of rotatable bonds is 5. The monoisotopic (exact) mass is 259 g/mol. The number of nitrogens with zero attached hydrogens (tertiary/aromatic N) is 1. The van der Waals surface area contributed by atoms with E-state index in [1.54, 1.807) is 20.4 Å². The fourth-order valence-electron chi connectivity index (χ4n) is 1.83. The van der Waals surface area contributed by atoms with Crippen molar-refractivity contribution in [2.45, 2.75) is 6.42 Å². The highest BCUT2D eigenvalue weighted by molar-refractivity contribution is 5.92. The molecule has 0 unspecified atom stereocenters. The van der Waals surface area contributed by atoms with Crippen molar-refractivity contribution in [1.82, 2.24) is 10.3 Å². The molecule has 0 aliphatic heterocycles. The second-order valence-electron chi connectivity index (χ2n) is 4.10. The first kappa shape index (κ1) is 13.1. The van der Waals surface area contributed by atoms with Gasteiger partial charge in [-0.15, -0.1) is 0 Å². The lowest BCUT2D eigenvalue weighted by atomic mass is 10.1. The van der Waals surface area contributed by atoms with Crippen molar-refractivity contribution < 1.29 is 9.53 Å². The molecule has 19 heavy (non-hydrogen) atoms. The number of ether oxygens (including phenoxy) is 1. The van der Waals surface area contributed by atoms with E-state index < -0.39 is 0 Å². The van der Waals surface area contributed by atoms with E-state index in [9.17, 15) is 4.79 Å². The Bertz CT molecular complexity index is 584. The Balaban J connectivity index is 2.19. The summed E-state index contributed by atoms with van der Waals surface area (Å²) in [4.78, 5) is 15.5. The van der Waals surface area contributed by atoms with E-state index in [-0.39, 0.29) is 5.91 Å². The Morgan fingerprint density at radius 3 is 2.95 bits per heavy atom. The molecule has 100 valence electrons. The van der Waals surface area contributed by atoms with Crippen LogP contribution in [0.2, 0.25) is 0 Å². The SMILES string of the molecule is CNC(=O)CCNc1nccc2ccc(OC)cc12. The molecular weight excluding hydrogens is 242 g/mol. The van der Waals surface area contributed by atoms with Crippen LogP contribution in [0.15, 0.2) is 30.5 Å². The van der Waals surface area contributed by atoms with Crippen LogP contribution in [0.3, 0.4) is 0 Å². The Morgan fingerprint density at radius 1 is 1.37 bits per heavy atom. The van der Waals surface area contributed by atoms with Gasteiger partial charge in [0.2, 0.25) is 5.91 Å². The summed E-state index contributed by atoms with van der Waals surface area (Å²) in [6.07, 6.45) is 2.16. The summed E-state index contributed by atoms with van der Waals surface area (Å²) in [6.45, 7) is 0.545. The molecule has 2 rings (SSSR count). The minimum atomic E-state index is 0.00492. The van der Waals surface area contributed by atoms with Gasteiger partial charge < -0.3 is 15.4 Å². The minimum Gasteiger partial charge on any atom is -0.497 e. The fourth-order valence-corrected chi connectivity index (χ4v) is 1.83. The van der Waals surface area contributed by atoms with E-state index in [1.807, 2.05) is 24.3 Å². The Kier molecular flexibility index (Phi) is 4.18. The average Bonchev–Trinajstić information content (AvgIpc) is 2.46. The molecule has 2 N–H and O–H groups in total. The lowest BCUT2D eigenvalue weighted by Gasteiger charge is -2.09. The molecule has 0 aliphatic rings. The zero-order valence-electron chi connectivity index (χ0n) is 11.1. The third kappa shape index (κ3) is 3.13. The van der Waals surface area contributed by atoms with Gasteiger partial charge in [-0.25, -0.2) is 4.98 Å². The predicted octanol–water partition coefficient (Wildman–Crippen LogP) is 1.79. The van der Waals surface area contributed by atoms with Gasteiger partial charge in [-0.3, -0.25) is 4.79 Å². The molecule has 0 fully saturated rings. The molecule has 2 aromatic rings. The fraction of sp³-hybridized carbons (Fsp3) is 0.286. The van der Waals surface area contributed by atoms with Gasteiger partial charge in [0.1, 0.15) is 11.6 Å². The van der Waals surface area contributed by atoms with Crippen molar-refractivity contribution in [3.8, 4) is 5.75 Å². The first-order valence-electron chi connectivity index (χ1n) is 6.12. The van der Waals surface area contributed by atoms with Crippen molar-refractivity contribution in [1.29, 1.82) is 0 Å². The zero-order chi connectivity index (χ0) is 13.7. The number of carbonyl (C=O) groups excluding carboxylic acids is 1. The topological polar surface area (TPSA) is 63.2 Å². The molecular formula is C14H17N3O2. The molecule has 5 nitrogen and oxygen atoms in total. The zero-order valence-corrected chi connectivity index (χ0v) is 11.1. The Labute approximate surface area is 112 Å². The lowest BCUT2D eigenvalue weighted by Crippen LogP contribution is -2.21. The van der Waals surface area contributed by atoms with Crippen LogP contribution >= 0.6 is 0 Å². The maximum absolute atomic E-state index is 11.2. The molecule has 0 aliphatic carbocycles. The molecule has 1 aromatic carbocycles. The number of anilines is 1. The standard InChI is InChI=1S/C14H17N3O2/c1-15-13(18)6-8-17-14-12-9-11(19-2)4-3-10(12)5-7-16-14/h3-5,7,9H,6,8H2,1-2H3,(H,15,18)(H,16,17). The number of fused-ring (bicyclic) bond motifs is 1. The first-order valence-corrected chi connectivity index (χ1v) is 6.12. The molecule has 0 radical (unpaired) electrons. The number of benzene rings is 1. The number of carbonyl (C=O) groups is 1. The third-order valence-electron chi connectivity index (χ3n) is 2.90. The van der Waals surface area contributed by atoms with Crippen LogP contribution < -0.4 is 15.4 Å². The number of nitrogens with one attached hydrogen (secondary N) is 2. The molecule has 5 heteroatoms. The maximum atomic E-state index is 11.2. The Morgan fingerprint density at radius 2 is 2.21 bits per heavy atom. The summed E-state index contributed by atoms with van der Waals surface area (Å²) in [5.74, 6) is 1.56. The summed E-state index contributed by atoms with van der Waals surface area (Å²) in [6, 6.07) is 7.78. The van der Waals surface area contributed by atoms with Gasteiger partial charge in [0, 0.05) is 31.6 Å². The van der Waals surface area contributed by atoms with E-state index in [1.165, 1.54) is 0 Å². The molecule has 1 amide bonds. The average molecular weight is 259 g/mol. The van der Waals surface area contributed by atoms with Crippen LogP contribution in [-0.2, 0) is 4.79 Å². The van der Waals surface area contributed by atoms with Crippen molar-refractivity contribution in [2.24, 2.45) is 0 Å². The summed E-state index contributed by atoms with van der Waals surface area (Å²) in [5.41, 5.74) is 0. The molecule has 1 heterocycles. The van der Waals surface area contributed by atoms with E-state index in [2.05, 4.69) is 15.6 Å². The van der Waals surface area contributed by atoms with Crippen molar-refractivity contribution >= 4 is 22.5 Å². The maximum Gasteiger partial charge on any atom is 0.221 e. The number of hydrogen-bond donors (Lipinski definition) is 2. The van der Waals surface area contributed by atoms with E-state index in [4.69, 9.17) is 4.74 Å². The van der Waals surface area contributed by atoms with Crippen LogP contribution in [0, 0.1) is 0 Å². The second kappa shape index (κ2) is 6.04. The van der Waals surface area contributed by atoms with E-state index in [0.717, 1.165) is 22.3 Å². The summed E-state index contributed by atoms with van der Waals surface area (Å²) < 4.78 is 5.22. The number of amides is 1. The second-order valence-corrected chi connectivity index (χ2v) is 4.10. The van der Waals surface area contributed by atoms with Crippen molar-refractivity contribution in [3.05, 3.63) is 30.5 Å². The molecule has 0 saturated heterocycles. The van der Waals surface area contributed by atoms with Crippen LogP contribution in [0.5, 0.6) is 5.75 Å². The molecule has 0 spiro atoms. The summed E-state index contributed by atoms with van der Waals surface area (Å²) in [7, 11) is 3.26. The number of hydrogen-bond acceptors (Lipinski definition) is 4. The van der Waals surface area contributed by atoms with Crippen LogP contribution in [0.1, 0.15) is 6.42 Å². The molecule has 0 saturated carbocycles. The van der Waals surface area contributed by atoms with Gasteiger partial charge in [-0.05, 0) is 23.6 Å². The van der Waals surface area contributed by atoms with E-state index >= 15 is 0 Å². The van der Waals surface area contributed by atoms with Crippen LogP contribution in [0.25, 0.3) is 10.8 Å². The minimum absolute atomic E-state index is 0.00492. The van der Waals surface area contributed by atoms with Gasteiger partial charge in [-0.1, -0.05) is 6.07 Å². The lowest BCUT2D eigenvalue weighted by molar-refractivity contribution is -0.120. The van der Waals surface area contributed by atoms with Crippen molar-refractivity contribution in [2.75, 3.05) is 26.0 Å². The quantitative estimate of drug-likeness (QED) is 0.859. The first-order chi connectivity index (χ1) is 9.24. The highest BCUT2D eigenvalue weighted by atomic mass is 16.5. The highest BCUT2D eigenvalue weighted by Gasteiger charge is 2.04.